The number of para-hydroxylation sites is 1. The lowest BCUT2D eigenvalue weighted by Crippen LogP contribution is -2.14. The summed E-state index contributed by atoms with van der Waals surface area (Å²) in [5.41, 5.74) is 0.209. The van der Waals surface area contributed by atoms with Crippen LogP contribution in [0.15, 0.2) is 47.4 Å². The molecule has 0 aromatic heterocycles. The Morgan fingerprint density at radius 2 is 1.90 bits per heavy atom. The first-order chi connectivity index (χ1) is 9.44. The molecule has 0 heterocycles. The van der Waals surface area contributed by atoms with Gasteiger partial charge in [-0.25, -0.2) is 12.8 Å². The van der Waals surface area contributed by atoms with E-state index >= 15 is 0 Å². The molecular formula is C13H11ClFNO3S. The van der Waals surface area contributed by atoms with Crippen molar-refractivity contribution in [3.05, 3.63) is 53.3 Å². The zero-order chi connectivity index (χ0) is 14.8. The van der Waals surface area contributed by atoms with Crippen molar-refractivity contribution in [1.29, 1.82) is 0 Å². The monoisotopic (exact) mass is 315 g/mol. The average Bonchev–Trinajstić information content (AvgIpc) is 2.41. The van der Waals surface area contributed by atoms with Gasteiger partial charge in [0.1, 0.15) is 16.5 Å². The van der Waals surface area contributed by atoms with Crippen LogP contribution in [0, 0.1) is 5.82 Å². The Balaban J connectivity index is 2.46. The van der Waals surface area contributed by atoms with Crippen LogP contribution in [0.4, 0.5) is 10.1 Å². The van der Waals surface area contributed by atoms with Crippen molar-refractivity contribution < 1.29 is 17.5 Å². The van der Waals surface area contributed by atoms with Crippen LogP contribution in [0.1, 0.15) is 0 Å². The molecule has 1 N–H and O–H groups in total. The van der Waals surface area contributed by atoms with Crippen LogP contribution in [-0.2, 0) is 10.0 Å². The summed E-state index contributed by atoms with van der Waals surface area (Å²) >= 11 is 5.89. The number of sulfonamides is 1. The average molecular weight is 316 g/mol. The summed E-state index contributed by atoms with van der Waals surface area (Å²) < 4.78 is 45.0. The second-order valence-electron chi connectivity index (χ2n) is 3.88. The van der Waals surface area contributed by atoms with E-state index in [1.165, 1.54) is 19.2 Å². The summed E-state index contributed by atoms with van der Waals surface area (Å²) in [6, 6.07) is 9.60. The lowest BCUT2D eigenvalue weighted by Gasteiger charge is -2.12. The highest BCUT2D eigenvalue weighted by molar-refractivity contribution is 7.92. The molecule has 0 aliphatic heterocycles. The molecule has 0 saturated heterocycles. The minimum atomic E-state index is -4.00. The van der Waals surface area contributed by atoms with Crippen LogP contribution in [0.25, 0.3) is 0 Å². The summed E-state index contributed by atoms with van der Waals surface area (Å²) in [5, 5.41) is 0.242. The van der Waals surface area contributed by atoms with Crippen molar-refractivity contribution in [2.75, 3.05) is 11.8 Å². The predicted octanol–water partition coefficient (Wildman–Crippen LogP) is 3.29. The highest BCUT2D eigenvalue weighted by atomic mass is 35.5. The summed E-state index contributed by atoms with van der Waals surface area (Å²) in [4.78, 5) is -0.292. The molecule has 2 rings (SSSR count). The first kappa shape index (κ1) is 14.6. The molecule has 0 amide bonds. The molecule has 0 atom stereocenters. The Kier molecular flexibility index (Phi) is 4.15. The molecule has 2 aromatic rings. The Labute approximate surface area is 121 Å². The van der Waals surface area contributed by atoms with E-state index in [9.17, 15) is 12.8 Å². The smallest absolute Gasteiger partial charge is 0.265 e. The summed E-state index contributed by atoms with van der Waals surface area (Å²) in [6.07, 6.45) is 0. The van der Waals surface area contributed by atoms with E-state index in [1.807, 2.05) is 0 Å². The van der Waals surface area contributed by atoms with Crippen molar-refractivity contribution in [2.24, 2.45) is 0 Å². The lowest BCUT2D eigenvalue weighted by molar-refractivity contribution is 0.401. The van der Waals surface area contributed by atoms with Gasteiger partial charge in [-0.15, -0.1) is 0 Å². The van der Waals surface area contributed by atoms with E-state index in [0.717, 1.165) is 12.1 Å². The second kappa shape index (κ2) is 5.68. The van der Waals surface area contributed by atoms with Crippen molar-refractivity contribution in [3.63, 3.8) is 0 Å². The molecule has 0 radical (unpaired) electrons. The predicted molar refractivity (Wildman–Crippen MR) is 75.2 cm³/mol. The first-order valence-electron chi connectivity index (χ1n) is 5.55. The van der Waals surface area contributed by atoms with Crippen molar-refractivity contribution in [1.82, 2.24) is 0 Å². The van der Waals surface area contributed by atoms with E-state index < -0.39 is 15.8 Å². The van der Waals surface area contributed by atoms with E-state index in [0.29, 0.717) is 0 Å². The number of methoxy groups -OCH3 is 1. The molecule has 20 heavy (non-hydrogen) atoms. The SMILES string of the molecule is COc1ccc(F)cc1S(=O)(=O)Nc1ccccc1Cl. The molecule has 0 aliphatic rings. The van der Waals surface area contributed by atoms with Gasteiger partial charge in [0.25, 0.3) is 10.0 Å². The zero-order valence-corrected chi connectivity index (χ0v) is 12.0. The van der Waals surface area contributed by atoms with Crippen LogP contribution in [0.2, 0.25) is 5.02 Å². The quantitative estimate of drug-likeness (QED) is 0.942. The molecule has 0 saturated carbocycles. The molecular weight excluding hydrogens is 305 g/mol. The highest BCUT2D eigenvalue weighted by Crippen LogP contribution is 2.28. The Morgan fingerprint density at radius 1 is 1.20 bits per heavy atom. The summed E-state index contributed by atoms with van der Waals surface area (Å²) in [7, 11) is -2.69. The fourth-order valence-corrected chi connectivity index (χ4v) is 3.10. The lowest BCUT2D eigenvalue weighted by atomic mass is 10.3. The molecule has 4 nitrogen and oxygen atoms in total. The first-order valence-corrected chi connectivity index (χ1v) is 7.41. The van der Waals surface area contributed by atoms with E-state index in [2.05, 4.69) is 4.72 Å². The minimum Gasteiger partial charge on any atom is -0.495 e. The molecule has 106 valence electrons. The number of rotatable bonds is 4. The van der Waals surface area contributed by atoms with Crippen LogP contribution < -0.4 is 9.46 Å². The van der Waals surface area contributed by atoms with Crippen LogP contribution in [-0.4, -0.2) is 15.5 Å². The number of benzene rings is 2. The van der Waals surface area contributed by atoms with Gasteiger partial charge in [-0.2, -0.15) is 0 Å². The van der Waals surface area contributed by atoms with Gasteiger partial charge in [-0.3, -0.25) is 4.72 Å². The molecule has 0 unspecified atom stereocenters. The largest absolute Gasteiger partial charge is 0.495 e. The van der Waals surface area contributed by atoms with Crippen molar-refractivity contribution in [3.8, 4) is 5.75 Å². The summed E-state index contributed by atoms with van der Waals surface area (Å²) in [6.45, 7) is 0. The third-order valence-corrected chi connectivity index (χ3v) is 4.25. The molecule has 0 fully saturated rings. The van der Waals surface area contributed by atoms with E-state index in [-0.39, 0.29) is 21.4 Å². The van der Waals surface area contributed by atoms with Gasteiger partial charge in [-0.05, 0) is 30.3 Å². The normalized spacial score (nSPS) is 11.2. The number of halogens is 2. The number of anilines is 1. The van der Waals surface area contributed by atoms with E-state index in [1.54, 1.807) is 18.2 Å². The van der Waals surface area contributed by atoms with Gasteiger partial charge in [0, 0.05) is 0 Å². The third-order valence-electron chi connectivity index (χ3n) is 2.53. The number of nitrogens with one attached hydrogen (secondary N) is 1. The fraction of sp³-hybridized carbons (Fsp3) is 0.0769. The Bertz CT molecular complexity index is 734. The Hall–Kier alpha value is -1.79. The highest BCUT2D eigenvalue weighted by Gasteiger charge is 2.21. The van der Waals surface area contributed by atoms with Crippen LogP contribution in [0.5, 0.6) is 5.75 Å². The third kappa shape index (κ3) is 3.02. The molecule has 2 aromatic carbocycles. The Morgan fingerprint density at radius 3 is 2.55 bits per heavy atom. The summed E-state index contributed by atoms with van der Waals surface area (Å²) in [5.74, 6) is -0.628. The van der Waals surface area contributed by atoms with Gasteiger partial charge in [0.05, 0.1) is 17.8 Å². The molecule has 0 spiro atoms. The standard InChI is InChI=1S/C13H11ClFNO3S/c1-19-12-7-6-9(15)8-13(12)20(17,18)16-11-5-3-2-4-10(11)14/h2-8,16H,1H3. The van der Waals surface area contributed by atoms with Gasteiger partial charge in [0.15, 0.2) is 0 Å². The molecule has 0 aliphatic carbocycles. The van der Waals surface area contributed by atoms with Gasteiger partial charge < -0.3 is 4.74 Å². The number of hydrogen-bond donors (Lipinski definition) is 1. The van der Waals surface area contributed by atoms with Crippen LogP contribution >= 0.6 is 11.6 Å². The number of hydrogen-bond acceptors (Lipinski definition) is 3. The molecule has 0 bridgehead atoms. The van der Waals surface area contributed by atoms with Gasteiger partial charge >= 0.3 is 0 Å². The maximum Gasteiger partial charge on any atom is 0.265 e. The maximum atomic E-state index is 13.3. The van der Waals surface area contributed by atoms with Crippen molar-refractivity contribution in [2.45, 2.75) is 4.90 Å². The van der Waals surface area contributed by atoms with Crippen LogP contribution in [0.3, 0.4) is 0 Å². The number of ether oxygens (including phenoxy) is 1. The molecule has 7 heteroatoms. The van der Waals surface area contributed by atoms with Crippen molar-refractivity contribution >= 4 is 27.3 Å². The zero-order valence-electron chi connectivity index (χ0n) is 10.4. The maximum absolute atomic E-state index is 13.3. The fourth-order valence-electron chi connectivity index (χ4n) is 1.60. The van der Waals surface area contributed by atoms with Gasteiger partial charge in [0.2, 0.25) is 0 Å². The second-order valence-corrected chi connectivity index (χ2v) is 5.94. The topological polar surface area (TPSA) is 55.4 Å². The minimum absolute atomic E-state index is 0.0472. The van der Waals surface area contributed by atoms with E-state index in [4.69, 9.17) is 16.3 Å². The van der Waals surface area contributed by atoms with Gasteiger partial charge in [-0.1, -0.05) is 23.7 Å².